The average Bonchev–Trinajstić information content (AvgIpc) is 3.52. The van der Waals surface area contributed by atoms with Crippen LogP contribution in [0.4, 0.5) is 5.69 Å². The Labute approximate surface area is 216 Å². The highest BCUT2D eigenvalue weighted by Gasteiger charge is 2.10. The van der Waals surface area contributed by atoms with Crippen LogP contribution in [0.3, 0.4) is 0 Å². The van der Waals surface area contributed by atoms with Crippen LogP contribution in [-0.4, -0.2) is 21.0 Å². The minimum absolute atomic E-state index is 0.165. The number of nitrogens with zero attached hydrogens (tertiary/aromatic N) is 2. The van der Waals surface area contributed by atoms with Crippen molar-refractivity contribution in [2.45, 2.75) is 6.92 Å². The van der Waals surface area contributed by atoms with Crippen LogP contribution in [0.15, 0.2) is 87.8 Å². The van der Waals surface area contributed by atoms with Crippen molar-refractivity contribution in [2.75, 3.05) is 5.32 Å². The Morgan fingerprint density at radius 3 is 2.61 bits per heavy atom. The van der Waals surface area contributed by atoms with Crippen LogP contribution < -0.4 is 10.6 Å². The van der Waals surface area contributed by atoms with Gasteiger partial charge in [0.05, 0.1) is 0 Å². The molecule has 0 atom stereocenters. The number of anilines is 1. The molecule has 0 spiro atoms. The van der Waals surface area contributed by atoms with E-state index in [9.17, 15) is 4.79 Å². The summed E-state index contributed by atoms with van der Waals surface area (Å²) in [5, 5.41) is 6.42. The van der Waals surface area contributed by atoms with Gasteiger partial charge < -0.3 is 14.2 Å². The number of benzene rings is 2. The molecule has 3 aromatic heterocycles. The molecule has 0 radical (unpaired) electrons. The summed E-state index contributed by atoms with van der Waals surface area (Å²) in [5.74, 6) is 1.27. The molecule has 5 rings (SSSR count). The van der Waals surface area contributed by atoms with Gasteiger partial charge in [0.2, 0.25) is 11.8 Å². The molecule has 0 aliphatic carbocycles. The summed E-state index contributed by atoms with van der Waals surface area (Å²) in [6, 6.07) is 20.2. The van der Waals surface area contributed by atoms with E-state index in [2.05, 4.69) is 20.6 Å². The monoisotopic (exact) mass is 514 g/mol. The standard InChI is InChI=1S/C27H19ClN4O3S/c1-16-4-5-18(15-21(16)28)22-12-10-20(34-22)11-13-24(33)31-27(36)30-19-8-6-17(7-9-19)26-32-25-23(35-26)3-2-14-29-25/h2-15H,1H3,(H2,30,31,33,36)/b13-11+. The number of halogens is 1. The number of aromatic nitrogens is 2. The van der Waals surface area contributed by atoms with E-state index in [1.807, 2.05) is 61.5 Å². The van der Waals surface area contributed by atoms with Crippen molar-refractivity contribution in [1.82, 2.24) is 15.3 Å². The van der Waals surface area contributed by atoms with Gasteiger partial charge in [-0.1, -0.05) is 23.7 Å². The Hall–Kier alpha value is -4.27. The molecule has 3 heterocycles. The van der Waals surface area contributed by atoms with E-state index in [4.69, 9.17) is 32.7 Å². The molecule has 0 fully saturated rings. The fourth-order valence-electron chi connectivity index (χ4n) is 3.41. The van der Waals surface area contributed by atoms with Crippen molar-refractivity contribution in [3.8, 4) is 22.8 Å². The van der Waals surface area contributed by atoms with Gasteiger partial charge in [0.15, 0.2) is 16.3 Å². The van der Waals surface area contributed by atoms with E-state index in [1.165, 1.54) is 6.08 Å². The molecule has 9 heteroatoms. The third kappa shape index (κ3) is 5.35. The van der Waals surface area contributed by atoms with Crippen molar-refractivity contribution in [2.24, 2.45) is 0 Å². The number of oxazole rings is 1. The third-order valence-corrected chi connectivity index (χ3v) is 5.88. The highest BCUT2D eigenvalue weighted by Crippen LogP contribution is 2.27. The Morgan fingerprint density at radius 2 is 1.83 bits per heavy atom. The van der Waals surface area contributed by atoms with Crippen LogP contribution in [-0.2, 0) is 4.79 Å². The van der Waals surface area contributed by atoms with Gasteiger partial charge in [-0.05, 0) is 85.4 Å². The first-order valence-electron chi connectivity index (χ1n) is 10.9. The Bertz CT molecular complexity index is 1570. The van der Waals surface area contributed by atoms with Gasteiger partial charge in [-0.3, -0.25) is 10.1 Å². The van der Waals surface area contributed by atoms with E-state index in [0.29, 0.717) is 39.4 Å². The van der Waals surface area contributed by atoms with Gasteiger partial charge in [0.1, 0.15) is 11.5 Å². The molecule has 0 saturated heterocycles. The topological polar surface area (TPSA) is 93.2 Å². The van der Waals surface area contributed by atoms with E-state index in [0.717, 1.165) is 16.7 Å². The third-order valence-electron chi connectivity index (χ3n) is 5.27. The second-order valence-corrected chi connectivity index (χ2v) is 8.68. The fraction of sp³-hybridized carbons (Fsp3) is 0.0370. The molecular formula is C27H19ClN4O3S. The summed E-state index contributed by atoms with van der Waals surface area (Å²) in [5.41, 5.74) is 4.52. The molecule has 5 aromatic rings. The zero-order valence-electron chi connectivity index (χ0n) is 19.0. The van der Waals surface area contributed by atoms with Gasteiger partial charge in [-0.25, -0.2) is 4.98 Å². The lowest BCUT2D eigenvalue weighted by atomic mass is 10.1. The highest BCUT2D eigenvalue weighted by molar-refractivity contribution is 7.80. The van der Waals surface area contributed by atoms with E-state index >= 15 is 0 Å². The van der Waals surface area contributed by atoms with Gasteiger partial charge in [-0.15, -0.1) is 0 Å². The first-order valence-corrected chi connectivity index (χ1v) is 11.7. The molecule has 0 aliphatic heterocycles. The summed E-state index contributed by atoms with van der Waals surface area (Å²) in [6.45, 7) is 1.94. The number of carbonyl (C=O) groups is 1. The van der Waals surface area contributed by atoms with Crippen molar-refractivity contribution in [3.63, 3.8) is 0 Å². The fourth-order valence-corrected chi connectivity index (χ4v) is 3.81. The first-order chi connectivity index (χ1) is 17.4. The van der Waals surface area contributed by atoms with Crippen LogP contribution in [0.2, 0.25) is 5.02 Å². The molecule has 0 bridgehead atoms. The van der Waals surface area contributed by atoms with Crippen molar-refractivity contribution in [1.29, 1.82) is 0 Å². The normalized spacial score (nSPS) is 11.2. The van der Waals surface area contributed by atoms with Gasteiger partial charge in [-0.2, -0.15) is 4.98 Å². The van der Waals surface area contributed by atoms with Crippen molar-refractivity contribution < 1.29 is 13.6 Å². The number of fused-ring (bicyclic) bond motifs is 1. The van der Waals surface area contributed by atoms with Crippen LogP contribution in [0.1, 0.15) is 11.3 Å². The maximum atomic E-state index is 12.3. The van der Waals surface area contributed by atoms with Gasteiger partial charge in [0.25, 0.3) is 0 Å². The number of aryl methyl sites for hydroxylation is 1. The summed E-state index contributed by atoms with van der Waals surface area (Å²) in [6.07, 6.45) is 4.59. The Kier molecular flexibility index (Phi) is 6.62. The summed E-state index contributed by atoms with van der Waals surface area (Å²) in [7, 11) is 0. The Balaban J connectivity index is 1.16. The number of hydrogen-bond donors (Lipinski definition) is 2. The number of carbonyl (C=O) groups excluding carboxylic acids is 1. The van der Waals surface area contributed by atoms with Gasteiger partial charge in [0, 0.05) is 34.1 Å². The minimum atomic E-state index is -0.389. The number of amides is 1. The Morgan fingerprint density at radius 1 is 1.03 bits per heavy atom. The summed E-state index contributed by atoms with van der Waals surface area (Å²) >= 11 is 11.4. The second kappa shape index (κ2) is 10.2. The van der Waals surface area contributed by atoms with Crippen molar-refractivity contribution in [3.05, 3.63) is 95.3 Å². The predicted molar refractivity (Wildman–Crippen MR) is 145 cm³/mol. The largest absolute Gasteiger partial charge is 0.457 e. The predicted octanol–water partition coefficient (Wildman–Crippen LogP) is 6.64. The minimum Gasteiger partial charge on any atom is -0.457 e. The number of furan rings is 1. The molecule has 0 unspecified atom stereocenters. The zero-order chi connectivity index (χ0) is 25.1. The van der Waals surface area contributed by atoms with Crippen LogP contribution >= 0.6 is 23.8 Å². The molecule has 1 amide bonds. The van der Waals surface area contributed by atoms with E-state index < -0.39 is 0 Å². The maximum Gasteiger partial charge on any atom is 0.250 e. The molecular weight excluding hydrogens is 496 g/mol. The average molecular weight is 515 g/mol. The quantitative estimate of drug-likeness (QED) is 0.200. The maximum absolute atomic E-state index is 12.3. The highest BCUT2D eigenvalue weighted by atomic mass is 35.5. The number of thiocarbonyl (C=S) groups is 1. The number of nitrogens with one attached hydrogen (secondary N) is 2. The van der Waals surface area contributed by atoms with E-state index in [1.54, 1.807) is 24.4 Å². The molecule has 2 aromatic carbocycles. The lowest BCUT2D eigenvalue weighted by Gasteiger charge is -2.08. The lowest BCUT2D eigenvalue weighted by molar-refractivity contribution is -0.115. The number of rotatable bonds is 5. The molecule has 0 saturated carbocycles. The van der Waals surface area contributed by atoms with Gasteiger partial charge >= 0.3 is 0 Å². The number of pyridine rings is 1. The summed E-state index contributed by atoms with van der Waals surface area (Å²) in [4.78, 5) is 20.8. The lowest BCUT2D eigenvalue weighted by Crippen LogP contribution is -2.32. The van der Waals surface area contributed by atoms with Crippen LogP contribution in [0, 0.1) is 6.92 Å². The molecule has 2 N–H and O–H groups in total. The first kappa shape index (κ1) is 23.5. The van der Waals surface area contributed by atoms with Crippen LogP contribution in [0.5, 0.6) is 0 Å². The second-order valence-electron chi connectivity index (χ2n) is 7.86. The summed E-state index contributed by atoms with van der Waals surface area (Å²) < 4.78 is 11.5. The molecule has 7 nitrogen and oxygen atoms in total. The smallest absolute Gasteiger partial charge is 0.250 e. The zero-order valence-corrected chi connectivity index (χ0v) is 20.6. The number of hydrogen-bond acceptors (Lipinski definition) is 6. The van der Waals surface area contributed by atoms with E-state index in [-0.39, 0.29) is 11.0 Å². The molecule has 36 heavy (non-hydrogen) atoms. The van der Waals surface area contributed by atoms with Crippen LogP contribution in [0.25, 0.3) is 40.1 Å². The van der Waals surface area contributed by atoms with Crippen molar-refractivity contribution >= 4 is 57.8 Å². The molecule has 0 aliphatic rings. The SMILES string of the molecule is Cc1ccc(-c2ccc(/C=C/C(=O)NC(=S)Nc3ccc(-c4nc5ncccc5o4)cc3)o2)cc1Cl. The molecule has 178 valence electrons.